The van der Waals surface area contributed by atoms with E-state index in [1.54, 1.807) is 12.1 Å². The van der Waals surface area contributed by atoms with E-state index in [-0.39, 0.29) is 11.3 Å². The van der Waals surface area contributed by atoms with Crippen molar-refractivity contribution in [2.24, 2.45) is 0 Å². The van der Waals surface area contributed by atoms with Crippen molar-refractivity contribution in [1.29, 1.82) is 0 Å². The molecule has 0 saturated carbocycles. The lowest BCUT2D eigenvalue weighted by Crippen LogP contribution is -2.04. The number of aromatic carboxylic acids is 1. The third-order valence-corrected chi connectivity index (χ3v) is 2.07. The summed E-state index contributed by atoms with van der Waals surface area (Å²) in [6.07, 6.45) is 0. The van der Waals surface area contributed by atoms with E-state index in [1.165, 1.54) is 12.1 Å². The van der Waals surface area contributed by atoms with E-state index >= 15 is 0 Å². The molecule has 1 atom stereocenters. The summed E-state index contributed by atoms with van der Waals surface area (Å²) < 4.78 is 20.7. The number of hydrogen-bond acceptors (Lipinski definition) is 3. The summed E-state index contributed by atoms with van der Waals surface area (Å²) in [5.41, 5.74) is 0.343. The molecule has 0 aliphatic heterocycles. The van der Waals surface area contributed by atoms with Gasteiger partial charge in [0, 0.05) is 5.75 Å². The summed E-state index contributed by atoms with van der Waals surface area (Å²) in [7, 11) is 0. The fourth-order valence-corrected chi connectivity index (χ4v) is 1.49. The molecule has 0 fully saturated rings. The Morgan fingerprint density at radius 3 is 2.62 bits per heavy atom. The van der Waals surface area contributed by atoms with Crippen LogP contribution in [0.4, 0.5) is 0 Å². The molecule has 70 valence electrons. The molecule has 0 bridgehead atoms. The average Bonchev–Trinajstić information content (AvgIpc) is 2.03. The molecule has 0 saturated heterocycles. The summed E-state index contributed by atoms with van der Waals surface area (Å²) in [6, 6.07) is 6.03. The first-order chi connectivity index (χ1) is 6.11. The summed E-state index contributed by atoms with van der Waals surface area (Å²) in [4.78, 5) is 10.6. The van der Waals surface area contributed by atoms with Gasteiger partial charge >= 0.3 is 5.97 Å². The third-order valence-electron chi connectivity index (χ3n) is 1.52. The van der Waals surface area contributed by atoms with Gasteiger partial charge in [0.05, 0.1) is 5.56 Å². The molecule has 4 nitrogen and oxygen atoms in total. The Hall–Kier alpha value is -1.20. The predicted octanol–water partition coefficient (Wildman–Crippen LogP) is 0.764. The zero-order chi connectivity index (χ0) is 9.84. The fraction of sp³-hybridized carbons (Fsp3) is 0.125. The van der Waals surface area contributed by atoms with Gasteiger partial charge in [0.15, 0.2) is 0 Å². The number of rotatable bonds is 3. The number of carbonyl (C=O) groups is 1. The van der Waals surface area contributed by atoms with Crippen molar-refractivity contribution in [2.45, 2.75) is 5.75 Å². The fourth-order valence-electron chi connectivity index (χ4n) is 0.982. The molecule has 1 aromatic carbocycles. The van der Waals surface area contributed by atoms with Crippen LogP contribution in [0.25, 0.3) is 0 Å². The van der Waals surface area contributed by atoms with Crippen molar-refractivity contribution < 1.29 is 18.7 Å². The topological polar surface area (TPSA) is 77.4 Å². The molecule has 0 aliphatic rings. The van der Waals surface area contributed by atoms with Gasteiger partial charge in [-0.15, -0.1) is 0 Å². The maximum absolute atomic E-state index is 10.6. The maximum atomic E-state index is 10.6. The van der Waals surface area contributed by atoms with Crippen LogP contribution in [-0.4, -0.2) is 19.8 Å². The lowest BCUT2D eigenvalue weighted by molar-refractivity contribution is 0.0696. The molecule has 1 unspecified atom stereocenters. The normalized spacial score (nSPS) is 12.4. The minimum absolute atomic E-state index is 0.0340. The number of carboxylic acids is 1. The highest BCUT2D eigenvalue weighted by Gasteiger charge is 2.07. The van der Waals surface area contributed by atoms with E-state index in [9.17, 15) is 13.6 Å². The Morgan fingerprint density at radius 1 is 1.46 bits per heavy atom. The number of carboxylic acid groups (broad SMARTS) is 1. The molecular formula is C8H7O4S-. The SMILES string of the molecule is O=C(O)c1ccccc1CS(=O)[O-]. The molecule has 1 rings (SSSR count). The van der Waals surface area contributed by atoms with Crippen molar-refractivity contribution in [3.8, 4) is 0 Å². The van der Waals surface area contributed by atoms with E-state index in [0.29, 0.717) is 5.56 Å². The second-order valence-corrected chi connectivity index (χ2v) is 3.31. The third kappa shape index (κ3) is 2.64. The van der Waals surface area contributed by atoms with Gasteiger partial charge in [-0.3, -0.25) is 4.21 Å². The van der Waals surface area contributed by atoms with Crippen LogP contribution in [0.15, 0.2) is 24.3 Å². The van der Waals surface area contributed by atoms with Crippen molar-refractivity contribution in [1.82, 2.24) is 0 Å². The molecule has 0 heterocycles. The Labute approximate surface area is 77.5 Å². The van der Waals surface area contributed by atoms with Crippen LogP contribution in [0, 0.1) is 0 Å². The van der Waals surface area contributed by atoms with E-state index in [0.717, 1.165) is 0 Å². The molecule has 1 aromatic rings. The maximum Gasteiger partial charge on any atom is 0.335 e. The van der Waals surface area contributed by atoms with Crippen LogP contribution in [0.2, 0.25) is 0 Å². The second-order valence-electron chi connectivity index (χ2n) is 2.41. The summed E-state index contributed by atoms with van der Waals surface area (Å²) in [5, 5.41) is 8.68. The highest BCUT2D eigenvalue weighted by Crippen LogP contribution is 2.10. The van der Waals surface area contributed by atoms with Gasteiger partial charge in [0.25, 0.3) is 0 Å². The molecule has 13 heavy (non-hydrogen) atoms. The summed E-state index contributed by atoms with van der Waals surface area (Å²) in [6.45, 7) is 0. The Kier molecular flexibility index (Phi) is 3.16. The Balaban J connectivity index is 3.04. The van der Waals surface area contributed by atoms with E-state index in [1.807, 2.05) is 0 Å². The Bertz CT molecular complexity index is 348. The largest absolute Gasteiger partial charge is 0.772 e. The van der Waals surface area contributed by atoms with Gasteiger partial charge in [-0.2, -0.15) is 0 Å². The molecule has 0 aromatic heterocycles. The average molecular weight is 199 g/mol. The first-order valence-corrected chi connectivity index (χ1v) is 4.72. The molecule has 0 spiro atoms. The number of hydrogen-bond donors (Lipinski definition) is 1. The zero-order valence-electron chi connectivity index (χ0n) is 6.60. The first kappa shape index (κ1) is 9.88. The monoisotopic (exact) mass is 199 g/mol. The summed E-state index contributed by atoms with van der Waals surface area (Å²) >= 11 is -2.26. The van der Waals surface area contributed by atoms with Crippen LogP contribution in [-0.2, 0) is 16.8 Å². The van der Waals surface area contributed by atoms with Crippen LogP contribution in [0.5, 0.6) is 0 Å². The highest BCUT2D eigenvalue weighted by atomic mass is 32.2. The molecule has 0 amide bonds. The predicted molar refractivity (Wildman–Crippen MR) is 46.0 cm³/mol. The van der Waals surface area contributed by atoms with Gasteiger partial charge in [-0.05, 0) is 11.6 Å². The van der Waals surface area contributed by atoms with E-state index in [4.69, 9.17) is 5.11 Å². The lowest BCUT2D eigenvalue weighted by Gasteiger charge is -2.07. The molecule has 0 aliphatic carbocycles. The zero-order valence-corrected chi connectivity index (χ0v) is 7.41. The van der Waals surface area contributed by atoms with Crippen LogP contribution < -0.4 is 0 Å². The van der Waals surface area contributed by atoms with Crippen molar-refractivity contribution in [2.75, 3.05) is 0 Å². The second kappa shape index (κ2) is 4.15. The van der Waals surface area contributed by atoms with Gasteiger partial charge in [0.1, 0.15) is 0 Å². The van der Waals surface area contributed by atoms with Gasteiger partial charge in [-0.25, -0.2) is 4.79 Å². The van der Waals surface area contributed by atoms with E-state index < -0.39 is 17.0 Å². The minimum atomic E-state index is -2.26. The molecular weight excluding hydrogens is 192 g/mol. The van der Waals surface area contributed by atoms with Crippen molar-refractivity contribution >= 4 is 17.0 Å². The first-order valence-electron chi connectivity index (χ1n) is 3.48. The molecule has 5 heteroatoms. The Morgan fingerprint density at radius 2 is 2.08 bits per heavy atom. The van der Waals surface area contributed by atoms with Crippen LogP contribution in [0.1, 0.15) is 15.9 Å². The summed E-state index contributed by atoms with van der Waals surface area (Å²) in [5.74, 6) is -1.37. The smallest absolute Gasteiger partial charge is 0.335 e. The standard InChI is InChI=1S/C8H8O4S/c9-8(10)7-4-2-1-3-6(7)5-13(11)12/h1-4H,5H2,(H,9,10)(H,11,12)/p-1. The van der Waals surface area contributed by atoms with Gasteiger partial charge in [0.2, 0.25) is 0 Å². The van der Waals surface area contributed by atoms with E-state index in [2.05, 4.69) is 0 Å². The highest BCUT2D eigenvalue weighted by molar-refractivity contribution is 7.78. The number of benzene rings is 1. The minimum Gasteiger partial charge on any atom is -0.772 e. The quantitative estimate of drug-likeness (QED) is 0.729. The van der Waals surface area contributed by atoms with Gasteiger partial charge < -0.3 is 9.66 Å². The lowest BCUT2D eigenvalue weighted by atomic mass is 10.1. The van der Waals surface area contributed by atoms with Crippen molar-refractivity contribution in [3.05, 3.63) is 35.4 Å². The molecule has 1 N–H and O–H groups in total. The van der Waals surface area contributed by atoms with Gasteiger partial charge in [-0.1, -0.05) is 29.3 Å². The molecule has 0 radical (unpaired) electrons. The van der Waals surface area contributed by atoms with Crippen LogP contribution >= 0.6 is 0 Å². The van der Waals surface area contributed by atoms with Crippen LogP contribution in [0.3, 0.4) is 0 Å². The van der Waals surface area contributed by atoms with Crippen molar-refractivity contribution in [3.63, 3.8) is 0 Å².